The van der Waals surface area contributed by atoms with Crippen LogP contribution in [0.4, 0.5) is 0 Å². The van der Waals surface area contributed by atoms with Gasteiger partial charge in [-0.25, -0.2) is 0 Å². The molecule has 3 saturated carbocycles. The second-order valence-electron chi connectivity index (χ2n) is 5.88. The third kappa shape index (κ3) is 1.36. The van der Waals surface area contributed by atoms with E-state index in [0.717, 1.165) is 29.9 Å². The fourth-order valence-corrected chi connectivity index (χ4v) is 3.77. The van der Waals surface area contributed by atoms with Gasteiger partial charge in [0.25, 0.3) is 0 Å². The van der Waals surface area contributed by atoms with Gasteiger partial charge in [-0.3, -0.25) is 0 Å². The summed E-state index contributed by atoms with van der Waals surface area (Å²) in [4.78, 5) is 0. The Kier molecular flexibility index (Phi) is 2.53. The van der Waals surface area contributed by atoms with Gasteiger partial charge in [-0.2, -0.15) is 0 Å². The first-order valence-electron chi connectivity index (χ1n) is 6.01. The van der Waals surface area contributed by atoms with Crippen molar-refractivity contribution in [3.8, 4) is 0 Å². The second-order valence-corrected chi connectivity index (χ2v) is 5.88. The molecule has 0 saturated heterocycles. The fourth-order valence-electron chi connectivity index (χ4n) is 3.77. The Morgan fingerprint density at radius 2 is 2.14 bits per heavy atom. The van der Waals surface area contributed by atoms with Gasteiger partial charge < -0.3 is 0 Å². The minimum Gasteiger partial charge on any atom is -0.104 e. The number of allylic oxidation sites excluding steroid dienone is 1. The maximum atomic E-state index is 3.80. The van der Waals surface area contributed by atoms with Crippen molar-refractivity contribution in [3.05, 3.63) is 12.7 Å². The average molecular weight is 189 g/mol. The summed E-state index contributed by atoms with van der Waals surface area (Å²) in [6, 6.07) is 0. The SMILES string of the molecule is C=CC[B][C@@H]1C[C@@H]2C[C@H]([C@H]1C)C2(C)C. The van der Waals surface area contributed by atoms with Crippen LogP contribution in [0.5, 0.6) is 0 Å². The maximum Gasteiger partial charge on any atom is 0.118 e. The molecule has 0 aromatic rings. The van der Waals surface area contributed by atoms with E-state index in [1.165, 1.54) is 12.8 Å². The molecule has 2 bridgehead atoms. The van der Waals surface area contributed by atoms with Crippen molar-refractivity contribution < 1.29 is 0 Å². The zero-order valence-electron chi connectivity index (χ0n) is 9.79. The number of fused-ring (bicyclic) bond motifs is 2. The van der Waals surface area contributed by atoms with E-state index in [2.05, 4.69) is 34.6 Å². The van der Waals surface area contributed by atoms with Gasteiger partial charge >= 0.3 is 0 Å². The second kappa shape index (κ2) is 3.43. The first kappa shape index (κ1) is 10.3. The van der Waals surface area contributed by atoms with Crippen molar-refractivity contribution in [1.82, 2.24) is 0 Å². The van der Waals surface area contributed by atoms with E-state index in [1.807, 2.05) is 6.08 Å². The van der Waals surface area contributed by atoms with E-state index in [0.29, 0.717) is 5.41 Å². The van der Waals surface area contributed by atoms with Crippen LogP contribution in [0.15, 0.2) is 12.7 Å². The lowest BCUT2D eigenvalue weighted by molar-refractivity contribution is -0.0985. The van der Waals surface area contributed by atoms with Crippen LogP contribution in [0.1, 0.15) is 33.6 Å². The zero-order chi connectivity index (χ0) is 10.3. The van der Waals surface area contributed by atoms with Crippen LogP contribution in [0.25, 0.3) is 0 Å². The van der Waals surface area contributed by atoms with E-state index in [4.69, 9.17) is 0 Å². The van der Waals surface area contributed by atoms with Crippen molar-refractivity contribution in [2.24, 2.45) is 23.2 Å². The summed E-state index contributed by atoms with van der Waals surface area (Å²) in [6.07, 6.45) is 6.04. The van der Waals surface area contributed by atoms with Gasteiger partial charge in [0.1, 0.15) is 7.28 Å². The highest BCUT2D eigenvalue weighted by Crippen LogP contribution is 2.64. The normalized spacial score (nSPS) is 43.9. The molecule has 1 heteroatoms. The van der Waals surface area contributed by atoms with Crippen LogP contribution >= 0.6 is 0 Å². The molecular formula is C13H22B. The smallest absolute Gasteiger partial charge is 0.104 e. The summed E-state index contributed by atoms with van der Waals surface area (Å²) < 4.78 is 0. The van der Waals surface area contributed by atoms with E-state index >= 15 is 0 Å². The van der Waals surface area contributed by atoms with Gasteiger partial charge in [0.2, 0.25) is 0 Å². The van der Waals surface area contributed by atoms with Gasteiger partial charge in [0, 0.05) is 0 Å². The largest absolute Gasteiger partial charge is 0.118 e. The van der Waals surface area contributed by atoms with Crippen molar-refractivity contribution in [1.29, 1.82) is 0 Å². The minimum atomic E-state index is 0.637. The molecule has 0 heterocycles. The van der Waals surface area contributed by atoms with E-state index in [1.54, 1.807) is 0 Å². The number of hydrogen-bond donors (Lipinski definition) is 0. The Morgan fingerprint density at radius 3 is 2.64 bits per heavy atom. The molecule has 3 rings (SSSR count). The fraction of sp³-hybridized carbons (Fsp3) is 0.846. The standard InChI is InChI=1S/C13H22B/c1-5-6-14-12-8-10-7-11(9(12)2)13(10,3)4/h5,9-12H,1,6-8H2,2-4H3/t9-,10+,11-,12-/m1/s1. The van der Waals surface area contributed by atoms with Crippen molar-refractivity contribution in [2.75, 3.05) is 0 Å². The Bertz CT molecular complexity index is 231. The molecule has 14 heavy (non-hydrogen) atoms. The monoisotopic (exact) mass is 189 g/mol. The lowest BCUT2D eigenvalue weighted by atomic mass is 9.37. The molecule has 0 N–H and O–H groups in total. The van der Waals surface area contributed by atoms with Gasteiger partial charge in [0.05, 0.1) is 0 Å². The Morgan fingerprint density at radius 1 is 1.43 bits per heavy atom. The first-order chi connectivity index (χ1) is 6.57. The summed E-state index contributed by atoms with van der Waals surface area (Å²) in [7, 11) is 2.49. The molecule has 77 valence electrons. The third-order valence-electron chi connectivity index (χ3n) is 5.02. The topological polar surface area (TPSA) is 0 Å². The third-order valence-corrected chi connectivity index (χ3v) is 5.02. The van der Waals surface area contributed by atoms with E-state index < -0.39 is 0 Å². The van der Waals surface area contributed by atoms with Crippen molar-refractivity contribution >= 4 is 7.28 Å². The maximum absolute atomic E-state index is 3.80. The number of rotatable bonds is 3. The van der Waals surface area contributed by atoms with Crippen molar-refractivity contribution in [3.63, 3.8) is 0 Å². The van der Waals surface area contributed by atoms with E-state index in [9.17, 15) is 0 Å². The molecule has 3 fully saturated rings. The quantitative estimate of drug-likeness (QED) is 0.468. The average Bonchev–Trinajstić information content (AvgIpc) is 2.15. The highest BCUT2D eigenvalue weighted by molar-refractivity contribution is 6.38. The Balaban J connectivity index is 1.97. The van der Waals surface area contributed by atoms with E-state index in [-0.39, 0.29) is 0 Å². The molecule has 0 amide bonds. The molecule has 0 nitrogen and oxygen atoms in total. The molecule has 3 aliphatic rings. The predicted molar refractivity (Wildman–Crippen MR) is 63.7 cm³/mol. The van der Waals surface area contributed by atoms with Gasteiger partial charge in [-0.05, 0) is 29.6 Å². The highest BCUT2D eigenvalue weighted by Gasteiger charge is 2.55. The van der Waals surface area contributed by atoms with Gasteiger partial charge in [-0.15, -0.1) is 6.58 Å². The molecule has 0 aliphatic heterocycles. The minimum absolute atomic E-state index is 0.637. The molecule has 3 aliphatic carbocycles. The molecule has 1 radical (unpaired) electrons. The van der Waals surface area contributed by atoms with Crippen LogP contribution in [-0.2, 0) is 0 Å². The molecule has 0 spiro atoms. The van der Waals surface area contributed by atoms with Gasteiger partial charge in [0.15, 0.2) is 0 Å². The van der Waals surface area contributed by atoms with Crippen LogP contribution in [0, 0.1) is 23.2 Å². The Hall–Kier alpha value is -0.195. The number of hydrogen-bond acceptors (Lipinski definition) is 0. The molecule has 4 atom stereocenters. The zero-order valence-corrected chi connectivity index (χ0v) is 9.79. The summed E-state index contributed by atoms with van der Waals surface area (Å²) in [5.74, 6) is 3.74. The Labute approximate surface area is 89.4 Å². The van der Waals surface area contributed by atoms with Crippen LogP contribution in [0.2, 0.25) is 12.1 Å². The summed E-state index contributed by atoms with van der Waals surface area (Å²) >= 11 is 0. The molecule has 0 aromatic carbocycles. The summed E-state index contributed by atoms with van der Waals surface area (Å²) in [5.41, 5.74) is 0.637. The lowest BCUT2D eigenvalue weighted by Gasteiger charge is -2.62. The van der Waals surface area contributed by atoms with Crippen LogP contribution in [0.3, 0.4) is 0 Å². The van der Waals surface area contributed by atoms with Gasteiger partial charge in [-0.1, -0.05) is 45.4 Å². The molecule has 0 unspecified atom stereocenters. The van der Waals surface area contributed by atoms with Crippen LogP contribution in [-0.4, -0.2) is 7.28 Å². The molecule has 0 aromatic heterocycles. The molecular weight excluding hydrogens is 167 g/mol. The first-order valence-corrected chi connectivity index (χ1v) is 6.01. The summed E-state index contributed by atoms with van der Waals surface area (Å²) in [5, 5.41) is 0. The lowest BCUT2D eigenvalue weighted by Crippen LogP contribution is -2.54. The van der Waals surface area contributed by atoms with Crippen molar-refractivity contribution in [2.45, 2.75) is 45.8 Å². The van der Waals surface area contributed by atoms with Crippen LogP contribution < -0.4 is 0 Å². The highest BCUT2D eigenvalue weighted by atomic mass is 14.6. The summed E-state index contributed by atoms with van der Waals surface area (Å²) in [6.45, 7) is 11.2. The predicted octanol–water partition coefficient (Wildman–Crippen LogP) is 3.79.